The van der Waals surface area contributed by atoms with E-state index in [4.69, 9.17) is 0 Å². The molecule has 0 bridgehead atoms. The highest BCUT2D eigenvalue weighted by molar-refractivity contribution is 7.79. The van der Waals surface area contributed by atoms with Crippen LogP contribution in [0.15, 0.2) is 103 Å². The minimum absolute atomic E-state index is 0.110. The molecule has 0 unspecified atom stereocenters. The molecule has 0 aliphatic heterocycles. The third kappa shape index (κ3) is 3.96. The third-order valence-corrected chi connectivity index (χ3v) is 7.56. The summed E-state index contributed by atoms with van der Waals surface area (Å²) in [5.41, 5.74) is 3.42. The Labute approximate surface area is 171 Å². The average Bonchev–Trinajstić information content (AvgIpc) is 2.77. The minimum atomic E-state index is -0.698. The summed E-state index contributed by atoms with van der Waals surface area (Å²) in [5, 5.41) is 14.9. The summed E-state index contributed by atoms with van der Waals surface area (Å²) in [6.45, 7) is 2.15. The molecule has 0 heterocycles. The van der Waals surface area contributed by atoms with Gasteiger partial charge in [-0.25, -0.2) is 0 Å². The number of nitro benzene ring substituents is 1. The van der Waals surface area contributed by atoms with Crippen LogP contribution in [-0.2, 0) is 0 Å². The van der Waals surface area contributed by atoms with Crippen molar-refractivity contribution in [2.75, 3.05) is 0 Å². The van der Waals surface area contributed by atoms with E-state index in [2.05, 4.69) is 73.7 Å². The molecule has 3 nitrogen and oxygen atoms in total. The topological polar surface area (TPSA) is 43.1 Å². The first-order chi connectivity index (χ1) is 14.1. The molecule has 4 aromatic rings. The Morgan fingerprint density at radius 2 is 1.24 bits per heavy atom. The van der Waals surface area contributed by atoms with Gasteiger partial charge in [-0.1, -0.05) is 78.9 Å². The fourth-order valence-corrected chi connectivity index (χ4v) is 6.01. The van der Waals surface area contributed by atoms with E-state index in [0.717, 1.165) is 11.1 Å². The number of nitrogens with zero attached hydrogens (tertiary/aromatic N) is 1. The molecule has 0 aliphatic carbocycles. The first kappa shape index (κ1) is 19.0. The molecular weight excluding hydrogens is 377 g/mol. The van der Waals surface area contributed by atoms with Crippen molar-refractivity contribution in [1.29, 1.82) is 0 Å². The molecule has 4 heteroatoms. The van der Waals surface area contributed by atoms with Crippen LogP contribution in [0, 0.1) is 17.0 Å². The average molecular weight is 397 g/mol. The zero-order chi connectivity index (χ0) is 20.2. The summed E-state index contributed by atoms with van der Waals surface area (Å²) in [5.74, 6) is 0. The Hall–Kier alpha value is -3.29. The molecule has 4 aromatic carbocycles. The van der Waals surface area contributed by atoms with Crippen molar-refractivity contribution in [3.63, 3.8) is 0 Å². The molecule has 0 amide bonds. The Bertz CT molecular complexity index is 1090. The molecule has 0 aromatic heterocycles. The molecule has 29 heavy (non-hydrogen) atoms. The second-order valence-electron chi connectivity index (χ2n) is 6.76. The van der Waals surface area contributed by atoms with Crippen LogP contribution in [0.4, 0.5) is 5.69 Å². The van der Waals surface area contributed by atoms with E-state index >= 15 is 0 Å². The lowest BCUT2D eigenvalue weighted by atomic mass is 10.0. The molecule has 0 N–H and O–H groups in total. The lowest BCUT2D eigenvalue weighted by Gasteiger charge is -2.23. The summed E-state index contributed by atoms with van der Waals surface area (Å²) in [4.78, 5) is 10.6. The lowest BCUT2D eigenvalue weighted by Crippen LogP contribution is -2.22. The van der Waals surface area contributed by atoms with Gasteiger partial charge < -0.3 is 0 Å². The van der Waals surface area contributed by atoms with Crippen LogP contribution >= 0.6 is 7.92 Å². The van der Waals surface area contributed by atoms with Gasteiger partial charge in [-0.3, -0.25) is 10.1 Å². The maximum absolute atomic E-state index is 11.0. The smallest absolute Gasteiger partial charge is 0.258 e. The van der Waals surface area contributed by atoms with Gasteiger partial charge in [0, 0.05) is 12.1 Å². The molecule has 0 aliphatic rings. The van der Waals surface area contributed by atoms with Crippen LogP contribution in [0.5, 0.6) is 0 Å². The lowest BCUT2D eigenvalue weighted by molar-refractivity contribution is -0.384. The van der Waals surface area contributed by atoms with Gasteiger partial charge in [0.25, 0.3) is 5.69 Å². The highest BCUT2D eigenvalue weighted by atomic mass is 31.1. The first-order valence-electron chi connectivity index (χ1n) is 9.40. The summed E-state index contributed by atoms with van der Waals surface area (Å²) < 4.78 is 0. The maximum atomic E-state index is 11.0. The highest BCUT2D eigenvalue weighted by Crippen LogP contribution is 2.36. The Morgan fingerprint density at radius 1 is 0.690 bits per heavy atom. The van der Waals surface area contributed by atoms with Crippen LogP contribution in [-0.4, -0.2) is 4.92 Å². The predicted octanol–water partition coefficient (Wildman–Crippen LogP) is 5.33. The van der Waals surface area contributed by atoms with Crippen molar-refractivity contribution in [1.82, 2.24) is 0 Å². The Morgan fingerprint density at radius 3 is 1.76 bits per heavy atom. The van der Waals surface area contributed by atoms with Gasteiger partial charge in [0.2, 0.25) is 0 Å². The van der Waals surface area contributed by atoms with Crippen molar-refractivity contribution in [3.8, 4) is 11.1 Å². The molecule has 4 rings (SSSR count). The fourth-order valence-electron chi connectivity index (χ4n) is 3.52. The SMILES string of the molecule is Cc1c(-c2ccc([N+](=O)[O-])cc2)cccc1P(c1ccccc1)c1ccccc1. The Balaban J connectivity index is 1.84. The quantitative estimate of drug-likeness (QED) is 0.260. The number of rotatable bonds is 5. The molecule has 0 radical (unpaired) electrons. The number of hydrogen-bond acceptors (Lipinski definition) is 2. The molecule has 0 saturated heterocycles. The van der Waals surface area contributed by atoms with E-state index in [0.29, 0.717) is 0 Å². The van der Waals surface area contributed by atoms with Gasteiger partial charge in [-0.05, 0) is 59.6 Å². The van der Waals surface area contributed by atoms with E-state index in [1.165, 1.54) is 21.5 Å². The summed E-state index contributed by atoms with van der Waals surface area (Å²) >= 11 is 0. The molecule has 0 spiro atoms. The van der Waals surface area contributed by atoms with Crippen LogP contribution < -0.4 is 15.9 Å². The summed E-state index contributed by atoms with van der Waals surface area (Å²) in [6, 6.07) is 34.4. The number of hydrogen-bond donors (Lipinski definition) is 0. The van der Waals surface area contributed by atoms with Gasteiger partial charge in [-0.15, -0.1) is 0 Å². The van der Waals surface area contributed by atoms with Gasteiger partial charge in [0.1, 0.15) is 0 Å². The largest absolute Gasteiger partial charge is 0.269 e. The summed E-state index contributed by atoms with van der Waals surface area (Å²) in [7, 11) is -0.698. The van der Waals surface area contributed by atoms with Crippen molar-refractivity contribution in [2.45, 2.75) is 6.92 Å². The predicted molar refractivity (Wildman–Crippen MR) is 122 cm³/mol. The van der Waals surface area contributed by atoms with Crippen molar-refractivity contribution >= 4 is 29.5 Å². The van der Waals surface area contributed by atoms with Gasteiger partial charge in [-0.2, -0.15) is 0 Å². The van der Waals surface area contributed by atoms with Crippen LogP contribution in [0.1, 0.15) is 5.56 Å². The van der Waals surface area contributed by atoms with Crippen LogP contribution in [0.3, 0.4) is 0 Å². The molecule has 0 atom stereocenters. The number of benzene rings is 4. The third-order valence-electron chi connectivity index (χ3n) is 4.96. The van der Waals surface area contributed by atoms with Gasteiger partial charge in [0.05, 0.1) is 4.92 Å². The summed E-state index contributed by atoms with van der Waals surface area (Å²) in [6.07, 6.45) is 0. The Kier molecular flexibility index (Phi) is 5.50. The standard InChI is InChI=1S/C25H20NO2P/c1-19-24(20-15-17-21(18-16-20)26(27)28)13-8-14-25(19)29(22-9-4-2-5-10-22)23-11-6-3-7-12-23/h2-18H,1H3. The van der Waals surface area contributed by atoms with E-state index in [1.54, 1.807) is 12.1 Å². The second kappa shape index (κ2) is 8.38. The molecular formula is C25H20NO2P. The fraction of sp³-hybridized carbons (Fsp3) is 0.0400. The van der Waals surface area contributed by atoms with Crippen LogP contribution in [0.25, 0.3) is 11.1 Å². The highest BCUT2D eigenvalue weighted by Gasteiger charge is 2.19. The van der Waals surface area contributed by atoms with E-state index in [9.17, 15) is 10.1 Å². The molecule has 0 fully saturated rings. The normalized spacial score (nSPS) is 10.8. The van der Waals surface area contributed by atoms with Crippen molar-refractivity contribution in [3.05, 3.63) is 119 Å². The molecule has 0 saturated carbocycles. The van der Waals surface area contributed by atoms with E-state index in [-0.39, 0.29) is 10.6 Å². The van der Waals surface area contributed by atoms with Crippen LogP contribution in [0.2, 0.25) is 0 Å². The van der Waals surface area contributed by atoms with Crippen molar-refractivity contribution in [2.24, 2.45) is 0 Å². The number of non-ortho nitro benzene ring substituents is 1. The van der Waals surface area contributed by atoms with Gasteiger partial charge in [0.15, 0.2) is 0 Å². The molecule has 142 valence electrons. The monoisotopic (exact) mass is 397 g/mol. The maximum Gasteiger partial charge on any atom is 0.269 e. The van der Waals surface area contributed by atoms with E-state index < -0.39 is 7.92 Å². The van der Waals surface area contributed by atoms with Crippen molar-refractivity contribution < 1.29 is 4.92 Å². The number of nitro groups is 1. The second-order valence-corrected chi connectivity index (χ2v) is 8.95. The zero-order valence-electron chi connectivity index (χ0n) is 16.0. The van der Waals surface area contributed by atoms with E-state index in [1.807, 2.05) is 24.3 Å². The zero-order valence-corrected chi connectivity index (χ0v) is 16.9. The minimum Gasteiger partial charge on any atom is -0.258 e. The first-order valence-corrected chi connectivity index (χ1v) is 10.7. The van der Waals surface area contributed by atoms with Gasteiger partial charge >= 0.3 is 0 Å².